The maximum atomic E-state index is 10.2. The molecule has 1 rings (SSSR count). The molecule has 1 unspecified atom stereocenters. The third-order valence-electron chi connectivity index (χ3n) is 2.66. The normalized spacial score (nSPS) is 15.2. The average Bonchev–Trinajstić information content (AvgIpc) is 2.66. The van der Waals surface area contributed by atoms with Gasteiger partial charge in [0.25, 0.3) is 0 Å². The molecule has 3 N–H and O–H groups in total. The van der Waals surface area contributed by atoms with Crippen LogP contribution in [0.3, 0.4) is 0 Å². The van der Waals surface area contributed by atoms with Crippen molar-refractivity contribution in [1.29, 1.82) is 0 Å². The molecule has 0 radical (unpaired) electrons. The molecule has 2 nitrogen and oxygen atoms in total. The minimum absolute atomic E-state index is 0.347. The van der Waals surface area contributed by atoms with E-state index < -0.39 is 5.60 Å². The number of rotatable bonds is 6. The van der Waals surface area contributed by atoms with Gasteiger partial charge in [0.1, 0.15) is 0 Å². The molecule has 15 heavy (non-hydrogen) atoms. The summed E-state index contributed by atoms with van der Waals surface area (Å²) >= 11 is 1.79. The predicted octanol–water partition coefficient (Wildman–Crippen LogP) is 2.34. The fraction of sp³-hybridized carbons (Fsp3) is 0.667. The largest absolute Gasteiger partial charge is 0.388 e. The van der Waals surface area contributed by atoms with Crippen LogP contribution in [0.15, 0.2) is 12.1 Å². The van der Waals surface area contributed by atoms with Gasteiger partial charge in [-0.25, -0.2) is 0 Å². The van der Waals surface area contributed by atoms with E-state index in [0.717, 1.165) is 19.3 Å². The molecule has 0 aromatic carbocycles. The second-order valence-electron chi connectivity index (χ2n) is 4.08. The first-order chi connectivity index (χ1) is 7.13. The van der Waals surface area contributed by atoms with Gasteiger partial charge < -0.3 is 10.8 Å². The summed E-state index contributed by atoms with van der Waals surface area (Å²) in [5, 5.41) is 10.2. The smallest absolute Gasteiger partial charge is 0.0817 e. The molecule has 1 aromatic heterocycles. The van der Waals surface area contributed by atoms with Crippen molar-refractivity contribution < 1.29 is 5.11 Å². The van der Waals surface area contributed by atoms with Crippen molar-refractivity contribution in [2.75, 3.05) is 6.54 Å². The summed E-state index contributed by atoms with van der Waals surface area (Å²) in [5.41, 5.74) is 4.93. The van der Waals surface area contributed by atoms with Crippen molar-refractivity contribution in [2.45, 2.75) is 45.1 Å². The highest BCUT2D eigenvalue weighted by Gasteiger charge is 2.24. The lowest BCUT2D eigenvalue weighted by atomic mass is 9.93. The lowest BCUT2D eigenvalue weighted by molar-refractivity contribution is 0.0407. The van der Waals surface area contributed by atoms with Crippen molar-refractivity contribution in [1.82, 2.24) is 0 Å². The highest BCUT2D eigenvalue weighted by atomic mass is 32.1. The number of thiophene rings is 1. The van der Waals surface area contributed by atoms with E-state index in [2.05, 4.69) is 26.0 Å². The van der Waals surface area contributed by atoms with Gasteiger partial charge in [0.15, 0.2) is 0 Å². The zero-order valence-corrected chi connectivity index (χ0v) is 10.4. The standard InChI is InChI=1S/C12H21NOS/c1-3-7-12(14,9-13)8-11-6-5-10(4-2)15-11/h5-6,14H,3-4,7-9,13H2,1-2H3. The maximum absolute atomic E-state index is 10.2. The van der Waals surface area contributed by atoms with Crippen LogP contribution in [0.1, 0.15) is 36.4 Å². The van der Waals surface area contributed by atoms with Crippen LogP contribution in [0.2, 0.25) is 0 Å². The van der Waals surface area contributed by atoms with E-state index >= 15 is 0 Å². The van der Waals surface area contributed by atoms with Gasteiger partial charge in [-0.15, -0.1) is 11.3 Å². The summed E-state index contributed by atoms with van der Waals surface area (Å²) < 4.78 is 0. The van der Waals surface area contributed by atoms with Gasteiger partial charge in [-0.2, -0.15) is 0 Å². The molecule has 0 aliphatic heterocycles. The minimum atomic E-state index is -0.704. The van der Waals surface area contributed by atoms with Crippen molar-refractivity contribution in [3.63, 3.8) is 0 Å². The maximum Gasteiger partial charge on any atom is 0.0817 e. The fourth-order valence-electron chi connectivity index (χ4n) is 1.76. The SMILES string of the molecule is CCCC(O)(CN)Cc1ccc(CC)s1. The van der Waals surface area contributed by atoms with Crippen LogP contribution in [0.5, 0.6) is 0 Å². The van der Waals surface area contributed by atoms with Gasteiger partial charge in [-0.05, 0) is 25.0 Å². The molecule has 0 spiro atoms. The fourth-order valence-corrected chi connectivity index (χ4v) is 2.85. The van der Waals surface area contributed by atoms with Crippen LogP contribution in [0.4, 0.5) is 0 Å². The highest BCUT2D eigenvalue weighted by molar-refractivity contribution is 7.12. The van der Waals surface area contributed by atoms with Crippen LogP contribution >= 0.6 is 11.3 Å². The summed E-state index contributed by atoms with van der Waals surface area (Å²) in [4.78, 5) is 2.62. The number of nitrogens with two attached hydrogens (primary N) is 1. The molecule has 1 atom stereocenters. The monoisotopic (exact) mass is 227 g/mol. The topological polar surface area (TPSA) is 46.2 Å². The summed E-state index contributed by atoms with van der Waals surface area (Å²) in [6.45, 7) is 4.57. The number of hydrogen-bond donors (Lipinski definition) is 2. The molecule has 0 aliphatic rings. The van der Waals surface area contributed by atoms with E-state index in [1.807, 2.05) is 0 Å². The summed E-state index contributed by atoms with van der Waals surface area (Å²) in [7, 11) is 0. The van der Waals surface area contributed by atoms with E-state index in [1.165, 1.54) is 9.75 Å². The quantitative estimate of drug-likeness (QED) is 0.783. The highest BCUT2D eigenvalue weighted by Crippen LogP contribution is 2.24. The molecule has 1 heterocycles. The van der Waals surface area contributed by atoms with Gasteiger partial charge in [0, 0.05) is 22.7 Å². The van der Waals surface area contributed by atoms with E-state index in [9.17, 15) is 5.11 Å². The van der Waals surface area contributed by atoms with E-state index in [0.29, 0.717) is 13.0 Å². The molecule has 0 saturated carbocycles. The van der Waals surface area contributed by atoms with Crippen LogP contribution in [-0.2, 0) is 12.8 Å². The van der Waals surface area contributed by atoms with Crippen molar-refractivity contribution in [3.8, 4) is 0 Å². The van der Waals surface area contributed by atoms with Crippen molar-refractivity contribution in [2.24, 2.45) is 5.73 Å². The number of aliphatic hydroxyl groups is 1. The minimum Gasteiger partial charge on any atom is -0.388 e. The Morgan fingerprint density at radius 2 is 2.00 bits per heavy atom. The van der Waals surface area contributed by atoms with Crippen LogP contribution in [0.25, 0.3) is 0 Å². The van der Waals surface area contributed by atoms with E-state index in [4.69, 9.17) is 5.73 Å². The average molecular weight is 227 g/mol. The molecule has 0 fully saturated rings. The Balaban J connectivity index is 2.65. The van der Waals surface area contributed by atoms with Crippen LogP contribution in [0, 0.1) is 0 Å². The number of hydrogen-bond acceptors (Lipinski definition) is 3. The van der Waals surface area contributed by atoms with Gasteiger partial charge in [0.2, 0.25) is 0 Å². The Bertz CT molecular complexity index is 298. The summed E-state index contributed by atoms with van der Waals surface area (Å²) in [5.74, 6) is 0. The Morgan fingerprint density at radius 1 is 1.33 bits per heavy atom. The summed E-state index contributed by atoms with van der Waals surface area (Å²) in [6, 6.07) is 4.25. The second kappa shape index (κ2) is 5.64. The zero-order valence-electron chi connectivity index (χ0n) is 9.62. The lowest BCUT2D eigenvalue weighted by Gasteiger charge is -2.25. The molecular formula is C12H21NOS. The third kappa shape index (κ3) is 3.59. The predicted molar refractivity (Wildman–Crippen MR) is 66.3 cm³/mol. The lowest BCUT2D eigenvalue weighted by Crippen LogP contribution is -2.39. The van der Waals surface area contributed by atoms with Crippen LogP contribution in [-0.4, -0.2) is 17.3 Å². The van der Waals surface area contributed by atoms with Gasteiger partial charge in [-0.3, -0.25) is 0 Å². The molecule has 0 saturated heterocycles. The Kier molecular flexibility index (Phi) is 4.77. The molecule has 86 valence electrons. The molecule has 0 aliphatic carbocycles. The van der Waals surface area contributed by atoms with E-state index in [-0.39, 0.29) is 0 Å². The first kappa shape index (κ1) is 12.7. The Hall–Kier alpha value is -0.380. The molecular weight excluding hydrogens is 206 g/mol. The molecule has 0 amide bonds. The van der Waals surface area contributed by atoms with E-state index in [1.54, 1.807) is 11.3 Å². The third-order valence-corrected chi connectivity index (χ3v) is 3.89. The van der Waals surface area contributed by atoms with Crippen LogP contribution < -0.4 is 5.73 Å². The summed E-state index contributed by atoms with van der Waals surface area (Å²) in [6.07, 6.45) is 3.52. The van der Waals surface area contributed by atoms with Gasteiger partial charge >= 0.3 is 0 Å². The van der Waals surface area contributed by atoms with Crippen molar-refractivity contribution in [3.05, 3.63) is 21.9 Å². The molecule has 3 heteroatoms. The molecule has 1 aromatic rings. The first-order valence-electron chi connectivity index (χ1n) is 5.63. The molecule has 0 bridgehead atoms. The van der Waals surface area contributed by atoms with Gasteiger partial charge in [0.05, 0.1) is 5.60 Å². The Morgan fingerprint density at radius 3 is 2.47 bits per heavy atom. The first-order valence-corrected chi connectivity index (χ1v) is 6.45. The second-order valence-corrected chi connectivity index (χ2v) is 5.33. The Labute approximate surface area is 96.1 Å². The zero-order chi connectivity index (χ0) is 11.3. The van der Waals surface area contributed by atoms with Crippen molar-refractivity contribution >= 4 is 11.3 Å². The number of aryl methyl sites for hydroxylation is 1. The van der Waals surface area contributed by atoms with Gasteiger partial charge in [-0.1, -0.05) is 20.3 Å².